The Hall–Kier alpha value is -0.800. The largest absolute Gasteiger partial charge is 0.382 e. The molecule has 0 saturated heterocycles. The monoisotopic (exact) mass is 217 g/mol. The molecular weight excluding hydrogens is 205 g/mol. The van der Waals surface area contributed by atoms with E-state index in [2.05, 4.69) is 5.32 Å². The minimum Gasteiger partial charge on any atom is -0.382 e. The molecule has 0 aliphatic rings. The lowest BCUT2D eigenvalue weighted by atomic mass is 10.3. The van der Waals surface area contributed by atoms with Crippen LogP contribution >= 0.6 is 11.6 Å². The van der Waals surface area contributed by atoms with Gasteiger partial charge in [-0.3, -0.25) is 0 Å². The maximum atomic E-state index is 12.8. The molecule has 1 N–H and O–H groups in total. The Morgan fingerprint density at radius 2 is 2.29 bits per heavy atom. The van der Waals surface area contributed by atoms with Crippen molar-refractivity contribution in [3.05, 3.63) is 29.0 Å². The van der Waals surface area contributed by atoms with Crippen molar-refractivity contribution in [1.29, 1.82) is 0 Å². The summed E-state index contributed by atoms with van der Waals surface area (Å²) in [5.74, 6) is -0.406. The van der Waals surface area contributed by atoms with E-state index in [1.807, 2.05) is 6.92 Å². The molecule has 78 valence electrons. The highest BCUT2D eigenvalue weighted by molar-refractivity contribution is 6.31. The molecule has 0 fully saturated rings. The summed E-state index contributed by atoms with van der Waals surface area (Å²) in [6.45, 7) is 2.61. The fourth-order valence-electron chi connectivity index (χ4n) is 0.951. The molecule has 4 heteroatoms. The minimum absolute atomic E-state index is 0.110. The first kappa shape index (κ1) is 11.3. The SMILES string of the molecule is COC(C)CNc1ccc(F)c(Cl)c1. The Morgan fingerprint density at radius 3 is 2.86 bits per heavy atom. The van der Waals surface area contributed by atoms with Crippen molar-refractivity contribution in [2.24, 2.45) is 0 Å². The molecule has 0 radical (unpaired) electrons. The third kappa shape index (κ3) is 3.16. The van der Waals surface area contributed by atoms with E-state index in [1.54, 1.807) is 19.2 Å². The van der Waals surface area contributed by atoms with Gasteiger partial charge in [0.15, 0.2) is 0 Å². The Morgan fingerprint density at radius 1 is 1.57 bits per heavy atom. The summed E-state index contributed by atoms with van der Waals surface area (Å²) < 4.78 is 17.8. The Labute approximate surface area is 88.0 Å². The Kier molecular flexibility index (Phi) is 4.17. The summed E-state index contributed by atoms with van der Waals surface area (Å²) in [7, 11) is 1.64. The standard InChI is InChI=1S/C10H13ClFNO/c1-7(14-2)6-13-8-3-4-10(12)9(11)5-8/h3-5,7,13H,6H2,1-2H3. The van der Waals surface area contributed by atoms with E-state index < -0.39 is 5.82 Å². The van der Waals surface area contributed by atoms with Gasteiger partial charge in [0.25, 0.3) is 0 Å². The van der Waals surface area contributed by atoms with Crippen molar-refractivity contribution < 1.29 is 9.13 Å². The van der Waals surface area contributed by atoms with Crippen molar-refractivity contribution in [1.82, 2.24) is 0 Å². The van der Waals surface area contributed by atoms with Crippen LogP contribution in [0, 0.1) is 5.82 Å². The van der Waals surface area contributed by atoms with Crippen LogP contribution < -0.4 is 5.32 Å². The molecule has 1 aromatic rings. The molecule has 0 spiro atoms. The van der Waals surface area contributed by atoms with Crippen LogP contribution in [0.4, 0.5) is 10.1 Å². The van der Waals surface area contributed by atoms with Gasteiger partial charge in [0.2, 0.25) is 0 Å². The molecule has 0 aliphatic carbocycles. The van der Waals surface area contributed by atoms with Gasteiger partial charge in [-0.25, -0.2) is 4.39 Å². The van der Waals surface area contributed by atoms with Crippen LogP contribution in [-0.4, -0.2) is 19.8 Å². The predicted octanol–water partition coefficient (Wildman–Crippen LogP) is 2.93. The van der Waals surface area contributed by atoms with Crippen LogP contribution in [0.5, 0.6) is 0 Å². The number of methoxy groups -OCH3 is 1. The van der Waals surface area contributed by atoms with E-state index in [0.717, 1.165) is 5.69 Å². The molecule has 0 aromatic heterocycles. The molecule has 1 rings (SSSR count). The quantitative estimate of drug-likeness (QED) is 0.838. The van der Waals surface area contributed by atoms with E-state index in [4.69, 9.17) is 16.3 Å². The number of halogens is 2. The van der Waals surface area contributed by atoms with Gasteiger partial charge in [0.1, 0.15) is 5.82 Å². The van der Waals surface area contributed by atoms with Crippen molar-refractivity contribution in [3.8, 4) is 0 Å². The van der Waals surface area contributed by atoms with Gasteiger partial charge in [0.05, 0.1) is 11.1 Å². The highest BCUT2D eigenvalue weighted by Gasteiger charge is 2.02. The molecule has 14 heavy (non-hydrogen) atoms. The van der Waals surface area contributed by atoms with Crippen LogP contribution in [0.1, 0.15) is 6.92 Å². The molecule has 0 heterocycles. The van der Waals surface area contributed by atoms with Crippen molar-refractivity contribution in [2.45, 2.75) is 13.0 Å². The number of benzene rings is 1. The fraction of sp³-hybridized carbons (Fsp3) is 0.400. The second kappa shape index (κ2) is 5.17. The van der Waals surface area contributed by atoms with Crippen molar-refractivity contribution in [2.75, 3.05) is 19.0 Å². The number of hydrogen-bond acceptors (Lipinski definition) is 2. The number of ether oxygens (including phenoxy) is 1. The lowest BCUT2D eigenvalue weighted by Gasteiger charge is -2.11. The van der Waals surface area contributed by atoms with Crippen molar-refractivity contribution in [3.63, 3.8) is 0 Å². The van der Waals surface area contributed by atoms with Gasteiger partial charge in [-0.05, 0) is 25.1 Å². The average Bonchev–Trinajstić information content (AvgIpc) is 2.19. The molecule has 1 unspecified atom stereocenters. The highest BCUT2D eigenvalue weighted by Crippen LogP contribution is 2.19. The molecular formula is C10H13ClFNO. The smallest absolute Gasteiger partial charge is 0.141 e. The zero-order chi connectivity index (χ0) is 10.6. The summed E-state index contributed by atoms with van der Waals surface area (Å²) in [6, 6.07) is 4.53. The van der Waals surface area contributed by atoms with Gasteiger partial charge in [-0.1, -0.05) is 11.6 Å². The lowest BCUT2D eigenvalue weighted by Crippen LogP contribution is -2.17. The van der Waals surface area contributed by atoms with Crippen LogP contribution in [0.25, 0.3) is 0 Å². The minimum atomic E-state index is -0.406. The second-order valence-corrected chi connectivity index (χ2v) is 3.46. The molecule has 2 nitrogen and oxygen atoms in total. The van der Waals surface area contributed by atoms with E-state index >= 15 is 0 Å². The normalized spacial score (nSPS) is 12.6. The average molecular weight is 218 g/mol. The van der Waals surface area contributed by atoms with Crippen LogP contribution in [0.15, 0.2) is 18.2 Å². The molecule has 1 aromatic carbocycles. The topological polar surface area (TPSA) is 21.3 Å². The zero-order valence-corrected chi connectivity index (χ0v) is 8.94. The van der Waals surface area contributed by atoms with E-state index in [1.165, 1.54) is 6.07 Å². The van der Waals surface area contributed by atoms with Gasteiger partial charge in [-0.2, -0.15) is 0 Å². The number of nitrogens with one attached hydrogen (secondary N) is 1. The summed E-state index contributed by atoms with van der Waals surface area (Å²) in [4.78, 5) is 0. The lowest BCUT2D eigenvalue weighted by molar-refractivity contribution is 0.129. The first-order valence-electron chi connectivity index (χ1n) is 4.35. The number of hydrogen-bond donors (Lipinski definition) is 1. The summed E-state index contributed by atoms with van der Waals surface area (Å²) in [6.07, 6.45) is 0.110. The van der Waals surface area contributed by atoms with E-state index in [-0.39, 0.29) is 11.1 Å². The first-order valence-corrected chi connectivity index (χ1v) is 4.73. The van der Waals surface area contributed by atoms with Gasteiger partial charge < -0.3 is 10.1 Å². The summed E-state index contributed by atoms with van der Waals surface area (Å²) >= 11 is 5.62. The fourth-order valence-corrected chi connectivity index (χ4v) is 1.13. The third-order valence-electron chi connectivity index (χ3n) is 1.92. The maximum Gasteiger partial charge on any atom is 0.141 e. The van der Waals surface area contributed by atoms with Gasteiger partial charge in [-0.15, -0.1) is 0 Å². The van der Waals surface area contributed by atoms with Crippen molar-refractivity contribution >= 4 is 17.3 Å². The van der Waals surface area contributed by atoms with Crippen LogP contribution in [-0.2, 0) is 4.74 Å². The number of rotatable bonds is 4. The molecule has 0 saturated carbocycles. The van der Waals surface area contributed by atoms with E-state index in [9.17, 15) is 4.39 Å². The maximum absolute atomic E-state index is 12.8. The van der Waals surface area contributed by atoms with Crippen LogP contribution in [0.3, 0.4) is 0 Å². The second-order valence-electron chi connectivity index (χ2n) is 3.06. The third-order valence-corrected chi connectivity index (χ3v) is 2.21. The Bertz CT molecular complexity index is 306. The number of anilines is 1. The molecule has 0 amide bonds. The van der Waals surface area contributed by atoms with Crippen LogP contribution in [0.2, 0.25) is 5.02 Å². The summed E-state index contributed by atoms with van der Waals surface area (Å²) in [5, 5.41) is 3.21. The molecule has 0 bridgehead atoms. The first-order chi connectivity index (χ1) is 6.63. The molecule has 0 aliphatic heterocycles. The van der Waals surface area contributed by atoms with Gasteiger partial charge >= 0.3 is 0 Å². The van der Waals surface area contributed by atoms with E-state index in [0.29, 0.717) is 6.54 Å². The highest BCUT2D eigenvalue weighted by atomic mass is 35.5. The summed E-state index contributed by atoms with van der Waals surface area (Å²) in [5.41, 5.74) is 0.792. The molecule has 1 atom stereocenters. The van der Waals surface area contributed by atoms with Gasteiger partial charge in [0, 0.05) is 19.3 Å². The Balaban J connectivity index is 2.55. The predicted molar refractivity (Wildman–Crippen MR) is 56.4 cm³/mol. The zero-order valence-electron chi connectivity index (χ0n) is 8.18.